The van der Waals surface area contributed by atoms with Gasteiger partial charge in [-0.2, -0.15) is 0 Å². The number of piperidine rings is 1. The van der Waals surface area contributed by atoms with Gasteiger partial charge in [-0.25, -0.2) is 4.98 Å². The average molecular weight is 354 g/mol. The predicted octanol–water partition coefficient (Wildman–Crippen LogP) is 3.14. The van der Waals surface area contributed by atoms with Crippen molar-refractivity contribution >= 4 is 42.1 Å². The number of carbonyl (C=O) groups excluding carboxylic acids is 1. The van der Waals surface area contributed by atoms with Gasteiger partial charge >= 0.3 is 0 Å². The number of aryl methyl sites for hydroxylation is 1. The first-order valence-electron chi connectivity index (χ1n) is 7.11. The van der Waals surface area contributed by atoms with Gasteiger partial charge < -0.3 is 10.6 Å². The summed E-state index contributed by atoms with van der Waals surface area (Å²) in [7, 11) is 0. The number of halogens is 2. The summed E-state index contributed by atoms with van der Waals surface area (Å²) < 4.78 is 0. The van der Waals surface area contributed by atoms with Crippen LogP contribution < -0.4 is 5.73 Å². The number of amides is 1. The van der Waals surface area contributed by atoms with Crippen LogP contribution in [0.4, 0.5) is 0 Å². The van der Waals surface area contributed by atoms with Crippen molar-refractivity contribution in [3.05, 3.63) is 16.1 Å². The molecule has 1 aliphatic rings. The number of nitrogens with zero attached hydrogens (tertiary/aromatic N) is 2. The molecule has 0 aromatic carbocycles. The van der Waals surface area contributed by atoms with E-state index in [0.29, 0.717) is 5.92 Å². The van der Waals surface area contributed by atoms with Crippen LogP contribution in [0.15, 0.2) is 6.20 Å². The number of thiazole rings is 1. The molecular weight excluding hydrogens is 329 g/mol. The Morgan fingerprint density at radius 3 is 2.90 bits per heavy atom. The molecule has 2 unspecified atom stereocenters. The summed E-state index contributed by atoms with van der Waals surface area (Å²) in [6.45, 7) is 5.80. The van der Waals surface area contributed by atoms with E-state index >= 15 is 0 Å². The summed E-state index contributed by atoms with van der Waals surface area (Å²) in [5.74, 6) is 0.561. The van der Waals surface area contributed by atoms with E-state index in [9.17, 15) is 4.79 Å². The molecule has 2 atom stereocenters. The Morgan fingerprint density at radius 1 is 1.57 bits per heavy atom. The lowest BCUT2D eigenvalue weighted by molar-refractivity contribution is 0.0665. The van der Waals surface area contributed by atoms with Crippen LogP contribution in [0.2, 0.25) is 0 Å². The molecule has 1 saturated heterocycles. The van der Waals surface area contributed by atoms with Crippen molar-refractivity contribution in [3.63, 3.8) is 0 Å². The van der Waals surface area contributed by atoms with Crippen molar-refractivity contribution in [2.75, 3.05) is 13.1 Å². The molecule has 0 radical (unpaired) electrons. The normalized spacial score (nSPS) is 19.4. The van der Waals surface area contributed by atoms with Crippen molar-refractivity contribution in [1.82, 2.24) is 9.88 Å². The molecule has 1 aliphatic heterocycles. The number of carbonyl (C=O) groups is 1. The molecule has 0 aliphatic carbocycles. The highest BCUT2D eigenvalue weighted by Crippen LogP contribution is 2.23. The molecule has 1 aromatic heterocycles. The van der Waals surface area contributed by atoms with Crippen LogP contribution in [0, 0.1) is 5.92 Å². The number of hydrogen-bond acceptors (Lipinski definition) is 4. The number of hydrogen-bond donors (Lipinski definition) is 1. The van der Waals surface area contributed by atoms with Crippen LogP contribution >= 0.6 is 36.2 Å². The molecule has 2 N–H and O–H groups in total. The van der Waals surface area contributed by atoms with Gasteiger partial charge in [-0.1, -0.05) is 6.92 Å². The molecule has 0 bridgehead atoms. The van der Waals surface area contributed by atoms with E-state index in [0.717, 1.165) is 48.7 Å². The van der Waals surface area contributed by atoms with E-state index in [2.05, 4.69) is 11.9 Å². The van der Waals surface area contributed by atoms with Gasteiger partial charge in [-0.05, 0) is 38.5 Å². The second-order valence-electron chi connectivity index (χ2n) is 5.38. The van der Waals surface area contributed by atoms with Gasteiger partial charge in [0, 0.05) is 19.1 Å². The minimum absolute atomic E-state index is 0. The third kappa shape index (κ3) is 5.40. The topological polar surface area (TPSA) is 59.2 Å². The Morgan fingerprint density at radius 2 is 2.29 bits per heavy atom. The molecule has 4 nitrogen and oxygen atoms in total. The van der Waals surface area contributed by atoms with Crippen molar-refractivity contribution in [2.45, 2.75) is 45.6 Å². The van der Waals surface area contributed by atoms with Gasteiger partial charge in [0.25, 0.3) is 5.91 Å². The summed E-state index contributed by atoms with van der Waals surface area (Å²) in [4.78, 5) is 19.5. The van der Waals surface area contributed by atoms with Gasteiger partial charge in [0.05, 0.1) is 11.2 Å². The zero-order valence-corrected chi connectivity index (χ0v) is 15.0. The first-order valence-corrected chi connectivity index (χ1v) is 7.93. The third-order valence-corrected chi connectivity index (χ3v) is 4.76. The number of nitrogens with two attached hydrogens (primary N) is 1. The Kier molecular flexibility index (Phi) is 9.45. The number of likely N-dealkylation sites (tertiary alicyclic amines) is 1. The van der Waals surface area contributed by atoms with Crippen molar-refractivity contribution in [1.29, 1.82) is 0 Å². The SMILES string of the molecule is CCCc1ncc(C(=O)N2CCCC(C(C)N)C2)s1.Cl.Cl. The van der Waals surface area contributed by atoms with E-state index in [-0.39, 0.29) is 36.8 Å². The van der Waals surface area contributed by atoms with Gasteiger partial charge in [-0.3, -0.25) is 4.79 Å². The van der Waals surface area contributed by atoms with Crippen molar-refractivity contribution in [2.24, 2.45) is 11.7 Å². The summed E-state index contributed by atoms with van der Waals surface area (Å²) in [5.41, 5.74) is 5.96. The number of aromatic nitrogens is 1. The third-order valence-electron chi connectivity index (χ3n) is 3.72. The maximum Gasteiger partial charge on any atom is 0.265 e. The monoisotopic (exact) mass is 353 g/mol. The van der Waals surface area contributed by atoms with Crippen LogP contribution in [-0.4, -0.2) is 34.9 Å². The molecule has 0 saturated carbocycles. The fraction of sp³-hybridized carbons (Fsp3) is 0.714. The van der Waals surface area contributed by atoms with E-state index in [1.165, 1.54) is 11.3 Å². The largest absolute Gasteiger partial charge is 0.338 e. The van der Waals surface area contributed by atoms with Gasteiger partial charge in [0.2, 0.25) is 0 Å². The Hall–Kier alpha value is -0.360. The van der Waals surface area contributed by atoms with Gasteiger partial charge in [0.15, 0.2) is 0 Å². The zero-order chi connectivity index (χ0) is 13.8. The molecule has 1 amide bonds. The van der Waals surface area contributed by atoms with Gasteiger partial charge in [-0.15, -0.1) is 36.2 Å². The molecule has 2 heterocycles. The highest BCUT2D eigenvalue weighted by Gasteiger charge is 2.27. The summed E-state index contributed by atoms with van der Waals surface area (Å²) in [6, 6.07) is 0.160. The van der Waals surface area contributed by atoms with E-state index in [4.69, 9.17) is 5.73 Å². The molecular formula is C14H25Cl2N3OS. The highest BCUT2D eigenvalue weighted by molar-refractivity contribution is 7.13. The molecule has 0 spiro atoms. The second kappa shape index (κ2) is 9.62. The lowest BCUT2D eigenvalue weighted by Crippen LogP contribution is -2.44. The average Bonchev–Trinajstić information content (AvgIpc) is 2.87. The Labute approximate surface area is 143 Å². The maximum absolute atomic E-state index is 12.4. The van der Waals surface area contributed by atoms with Crippen LogP contribution in [0.25, 0.3) is 0 Å². The van der Waals surface area contributed by atoms with Crippen LogP contribution in [0.5, 0.6) is 0 Å². The fourth-order valence-corrected chi connectivity index (χ4v) is 3.51. The minimum atomic E-state index is 0. The second-order valence-corrected chi connectivity index (χ2v) is 6.50. The van der Waals surface area contributed by atoms with Crippen LogP contribution in [0.3, 0.4) is 0 Å². The molecule has 122 valence electrons. The maximum atomic E-state index is 12.4. The lowest BCUT2D eigenvalue weighted by Gasteiger charge is -2.34. The minimum Gasteiger partial charge on any atom is -0.338 e. The highest BCUT2D eigenvalue weighted by atomic mass is 35.5. The summed E-state index contributed by atoms with van der Waals surface area (Å²) in [6.07, 6.45) is 5.94. The first kappa shape index (κ1) is 20.6. The van der Waals surface area contributed by atoms with Gasteiger partial charge in [0.1, 0.15) is 4.88 Å². The first-order chi connectivity index (χ1) is 9.11. The summed E-state index contributed by atoms with van der Waals surface area (Å²) in [5, 5.41) is 1.06. The smallest absolute Gasteiger partial charge is 0.265 e. The molecule has 1 aromatic rings. The fourth-order valence-electron chi connectivity index (χ4n) is 2.52. The van der Waals surface area contributed by atoms with Crippen molar-refractivity contribution < 1.29 is 4.79 Å². The molecule has 2 rings (SSSR count). The molecule has 7 heteroatoms. The Balaban J connectivity index is 0.00000200. The van der Waals surface area contributed by atoms with Crippen LogP contribution in [-0.2, 0) is 6.42 Å². The van der Waals surface area contributed by atoms with E-state index in [1.54, 1.807) is 6.20 Å². The Bertz CT molecular complexity index is 440. The van der Waals surface area contributed by atoms with E-state index < -0.39 is 0 Å². The quantitative estimate of drug-likeness (QED) is 0.904. The van der Waals surface area contributed by atoms with E-state index in [1.807, 2.05) is 11.8 Å². The summed E-state index contributed by atoms with van der Waals surface area (Å²) >= 11 is 1.54. The number of rotatable bonds is 4. The predicted molar refractivity (Wildman–Crippen MR) is 92.9 cm³/mol. The van der Waals surface area contributed by atoms with Crippen LogP contribution in [0.1, 0.15) is 47.8 Å². The standard InChI is InChI=1S/C14H23N3OS.2ClH/c1-3-5-13-16-8-12(19-13)14(18)17-7-4-6-11(9-17)10(2)15;;/h8,10-11H,3-7,9,15H2,1-2H3;2*1H. The molecule has 1 fully saturated rings. The molecule has 21 heavy (non-hydrogen) atoms. The zero-order valence-electron chi connectivity index (χ0n) is 12.6. The lowest BCUT2D eigenvalue weighted by atomic mass is 9.92. The van der Waals surface area contributed by atoms with Crippen molar-refractivity contribution in [3.8, 4) is 0 Å².